The SMILES string of the molecule is CCn1nccc1C(N)c1cc(Cl)ccc1OC. The van der Waals surface area contributed by atoms with E-state index in [1.54, 1.807) is 19.4 Å². The topological polar surface area (TPSA) is 53.1 Å². The normalized spacial score (nSPS) is 12.4. The number of benzene rings is 1. The van der Waals surface area contributed by atoms with Crippen LogP contribution in [0.5, 0.6) is 5.75 Å². The van der Waals surface area contributed by atoms with E-state index in [1.807, 2.05) is 29.8 Å². The minimum absolute atomic E-state index is 0.305. The van der Waals surface area contributed by atoms with Crippen molar-refractivity contribution < 1.29 is 4.74 Å². The Balaban J connectivity index is 2.45. The van der Waals surface area contributed by atoms with Crippen molar-refractivity contribution in [2.75, 3.05) is 7.11 Å². The quantitative estimate of drug-likeness (QED) is 0.925. The van der Waals surface area contributed by atoms with E-state index in [-0.39, 0.29) is 6.04 Å². The molecular formula is C13H16ClN3O. The Morgan fingerprint density at radius 3 is 2.89 bits per heavy atom. The number of aromatic nitrogens is 2. The van der Waals surface area contributed by atoms with Crippen LogP contribution in [0, 0.1) is 0 Å². The smallest absolute Gasteiger partial charge is 0.124 e. The van der Waals surface area contributed by atoms with Gasteiger partial charge in [0, 0.05) is 23.3 Å². The zero-order chi connectivity index (χ0) is 13.1. The number of hydrogen-bond acceptors (Lipinski definition) is 3. The van der Waals surface area contributed by atoms with Crippen LogP contribution in [0.3, 0.4) is 0 Å². The highest BCUT2D eigenvalue weighted by Crippen LogP contribution is 2.30. The van der Waals surface area contributed by atoms with E-state index in [2.05, 4.69) is 5.10 Å². The van der Waals surface area contributed by atoms with E-state index < -0.39 is 0 Å². The van der Waals surface area contributed by atoms with Gasteiger partial charge in [-0.05, 0) is 31.2 Å². The summed E-state index contributed by atoms with van der Waals surface area (Å²) < 4.78 is 7.19. The summed E-state index contributed by atoms with van der Waals surface area (Å²) in [6.07, 6.45) is 1.75. The van der Waals surface area contributed by atoms with Gasteiger partial charge >= 0.3 is 0 Å². The molecule has 2 rings (SSSR count). The van der Waals surface area contributed by atoms with Crippen molar-refractivity contribution in [2.45, 2.75) is 19.5 Å². The summed E-state index contributed by atoms with van der Waals surface area (Å²) in [5, 5.41) is 4.86. The molecule has 4 nitrogen and oxygen atoms in total. The summed E-state index contributed by atoms with van der Waals surface area (Å²) in [6, 6.07) is 7.05. The van der Waals surface area contributed by atoms with Crippen LogP contribution in [0.1, 0.15) is 24.2 Å². The van der Waals surface area contributed by atoms with Gasteiger partial charge in [0.15, 0.2) is 0 Å². The second-order valence-corrected chi connectivity index (χ2v) is 4.37. The first kappa shape index (κ1) is 12.9. The van der Waals surface area contributed by atoms with E-state index >= 15 is 0 Å². The summed E-state index contributed by atoms with van der Waals surface area (Å²) in [7, 11) is 1.62. The van der Waals surface area contributed by atoms with Gasteiger partial charge in [-0.3, -0.25) is 4.68 Å². The molecule has 0 saturated carbocycles. The Kier molecular flexibility index (Phi) is 3.89. The maximum absolute atomic E-state index is 6.28. The van der Waals surface area contributed by atoms with Gasteiger partial charge in [-0.2, -0.15) is 5.10 Å². The van der Waals surface area contributed by atoms with Crippen molar-refractivity contribution in [3.05, 3.63) is 46.7 Å². The highest BCUT2D eigenvalue weighted by molar-refractivity contribution is 6.30. The van der Waals surface area contributed by atoms with Gasteiger partial charge in [-0.15, -0.1) is 0 Å². The number of rotatable bonds is 4. The van der Waals surface area contributed by atoms with Crippen LogP contribution in [0.25, 0.3) is 0 Å². The third-order valence-electron chi connectivity index (χ3n) is 2.89. The largest absolute Gasteiger partial charge is 0.496 e. The monoisotopic (exact) mass is 265 g/mol. The molecule has 0 bridgehead atoms. The molecule has 1 unspecified atom stereocenters. The molecule has 1 atom stereocenters. The summed E-state index contributed by atoms with van der Waals surface area (Å²) in [6.45, 7) is 2.80. The van der Waals surface area contributed by atoms with Crippen LogP contribution in [0.2, 0.25) is 5.02 Å². The van der Waals surface area contributed by atoms with Gasteiger partial charge in [0.1, 0.15) is 5.75 Å². The van der Waals surface area contributed by atoms with Crippen molar-refractivity contribution in [3.63, 3.8) is 0 Å². The Labute approximate surface area is 111 Å². The maximum atomic E-state index is 6.28. The molecular weight excluding hydrogens is 250 g/mol. The molecule has 0 aliphatic rings. The van der Waals surface area contributed by atoms with Crippen molar-refractivity contribution in [1.82, 2.24) is 9.78 Å². The lowest BCUT2D eigenvalue weighted by atomic mass is 10.0. The van der Waals surface area contributed by atoms with E-state index in [1.165, 1.54) is 0 Å². The van der Waals surface area contributed by atoms with Crippen molar-refractivity contribution in [1.29, 1.82) is 0 Å². The third kappa shape index (κ3) is 2.35. The number of nitrogens with two attached hydrogens (primary N) is 1. The van der Waals surface area contributed by atoms with Gasteiger partial charge in [0.05, 0.1) is 18.8 Å². The fourth-order valence-electron chi connectivity index (χ4n) is 1.98. The lowest BCUT2D eigenvalue weighted by Crippen LogP contribution is -2.18. The highest BCUT2D eigenvalue weighted by Gasteiger charge is 2.17. The van der Waals surface area contributed by atoms with E-state index in [0.29, 0.717) is 5.02 Å². The average Bonchev–Trinajstić information content (AvgIpc) is 2.86. The number of halogens is 1. The standard InChI is InChI=1S/C13H16ClN3O/c1-3-17-11(6-7-16-17)13(15)10-8-9(14)4-5-12(10)18-2/h4-8,13H,3,15H2,1-2H3. The van der Waals surface area contributed by atoms with Crippen LogP contribution >= 0.6 is 11.6 Å². The number of methoxy groups -OCH3 is 1. The average molecular weight is 266 g/mol. The molecule has 1 aromatic heterocycles. The molecule has 18 heavy (non-hydrogen) atoms. The fraction of sp³-hybridized carbons (Fsp3) is 0.308. The van der Waals surface area contributed by atoms with Gasteiger partial charge in [0.2, 0.25) is 0 Å². The molecule has 0 radical (unpaired) electrons. The van der Waals surface area contributed by atoms with Gasteiger partial charge < -0.3 is 10.5 Å². The van der Waals surface area contributed by atoms with Crippen molar-refractivity contribution >= 4 is 11.6 Å². The summed E-state index contributed by atoms with van der Waals surface area (Å²) >= 11 is 6.02. The van der Waals surface area contributed by atoms with E-state index in [4.69, 9.17) is 22.1 Å². The van der Waals surface area contributed by atoms with Crippen LogP contribution in [-0.4, -0.2) is 16.9 Å². The number of hydrogen-bond donors (Lipinski definition) is 1. The van der Waals surface area contributed by atoms with Crippen molar-refractivity contribution in [2.24, 2.45) is 5.73 Å². The Bertz CT molecular complexity index is 539. The zero-order valence-corrected chi connectivity index (χ0v) is 11.2. The molecule has 1 aromatic carbocycles. The molecule has 5 heteroatoms. The second kappa shape index (κ2) is 5.42. The first-order valence-corrected chi connectivity index (χ1v) is 6.16. The van der Waals surface area contributed by atoms with Crippen LogP contribution in [-0.2, 0) is 6.54 Å². The predicted octanol–water partition coefficient (Wildman–Crippen LogP) is 2.61. The zero-order valence-electron chi connectivity index (χ0n) is 10.4. The number of nitrogens with zero attached hydrogens (tertiary/aromatic N) is 2. The molecule has 0 fully saturated rings. The summed E-state index contributed by atoms with van der Waals surface area (Å²) in [4.78, 5) is 0. The Morgan fingerprint density at radius 2 is 2.22 bits per heavy atom. The second-order valence-electron chi connectivity index (χ2n) is 3.94. The highest BCUT2D eigenvalue weighted by atomic mass is 35.5. The van der Waals surface area contributed by atoms with Gasteiger partial charge in [0.25, 0.3) is 0 Å². The van der Waals surface area contributed by atoms with Crippen LogP contribution in [0.4, 0.5) is 0 Å². The number of aryl methyl sites for hydroxylation is 1. The molecule has 96 valence electrons. The Morgan fingerprint density at radius 1 is 1.44 bits per heavy atom. The lowest BCUT2D eigenvalue weighted by Gasteiger charge is -2.17. The minimum Gasteiger partial charge on any atom is -0.496 e. The van der Waals surface area contributed by atoms with Gasteiger partial charge in [-0.25, -0.2) is 0 Å². The first-order valence-electron chi connectivity index (χ1n) is 5.78. The molecule has 0 aliphatic carbocycles. The fourth-order valence-corrected chi connectivity index (χ4v) is 2.16. The minimum atomic E-state index is -0.305. The predicted molar refractivity (Wildman–Crippen MR) is 71.9 cm³/mol. The molecule has 2 N–H and O–H groups in total. The molecule has 0 saturated heterocycles. The third-order valence-corrected chi connectivity index (χ3v) is 3.13. The molecule has 0 aliphatic heterocycles. The molecule has 1 heterocycles. The van der Waals surface area contributed by atoms with E-state index in [9.17, 15) is 0 Å². The summed E-state index contributed by atoms with van der Waals surface area (Å²) in [5.74, 6) is 0.732. The van der Waals surface area contributed by atoms with Crippen molar-refractivity contribution in [3.8, 4) is 5.75 Å². The Hall–Kier alpha value is -1.52. The van der Waals surface area contributed by atoms with Gasteiger partial charge in [-0.1, -0.05) is 11.6 Å². The molecule has 2 aromatic rings. The summed E-state index contributed by atoms with van der Waals surface area (Å²) in [5.41, 5.74) is 8.09. The number of ether oxygens (including phenoxy) is 1. The maximum Gasteiger partial charge on any atom is 0.124 e. The lowest BCUT2D eigenvalue weighted by molar-refractivity contribution is 0.407. The van der Waals surface area contributed by atoms with Crippen LogP contribution in [0.15, 0.2) is 30.5 Å². The molecule has 0 amide bonds. The molecule has 0 spiro atoms. The first-order chi connectivity index (χ1) is 8.67. The van der Waals surface area contributed by atoms with Crippen LogP contribution < -0.4 is 10.5 Å². The van der Waals surface area contributed by atoms with E-state index in [0.717, 1.165) is 23.6 Å².